The molecule has 2 aromatic rings. The molecule has 0 aliphatic heterocycles. The molecule has 0 saturated heterocycles. The van der Waals surface area contributed by atoms with Gasteiger partial charge in [0.05, 0.1) is 22.0 Å². The predicted octanol–water partition coefficient (Wildman–Crippen LogP) is 4.38. The third kappa shape index (κ3) is 5.19. The lowest BCUT2D eigenvalue weighted by molar-refractivity contribution is 0.0675. The van der Waals surface area contributed by atoms with Crippen LogP contribution in [0, 0.1) is 5.41 Å². The van der Waals surface area contributed by atoms with Crippen LogP contribution in [0.15, 0.2) is 16.9 Å². The SMILES string of the molecule is CN(C)CCCOc1c(C(=O)O)n(CC(C)(C)C)c(=O)c2cc(Cl)c(Cl)cc12. The van der Waals surface area contributed by atoms with Gasteiger partial charge >= 0.3 is 5.97 Å². The van der Waals surface area contributed by atoms with E-state index in [0.29, 0.717) is 18.4 Å². The molecule has 0 aliphatic rings. The molecule has 0 bridgehead atoms. The molecule has 28 heavy (non-hydrogen) atoms. The minimum Gasteiger partial charge on any atom is -0.490 e. The molecule has 2 rings (SSSR count). The Hall–Kier alpha value is -1.76. The van der Waals surface area contributed by atoms with Gasteiger partial charge in [-0.3, -0.25) is 9.36 Å². The highest BCUT2D eigenvalue weighted by molar-refractivity contribution is 6.42. The second-order valence-corrected chi connectivity index (χ2v) is 9.07. The summed E-state index contributed by atoms with van der Waals surface area (Å²) in [5.41, 5.74) is -0.919. The highest BCUT2D eigenvalue weighted by atomic mass is 35.5. The highest BCUT2D eigenvalue weighted by Crippen LogP contribution is 2.35. The van der Waals surface area contributed by atoms with Crippen LogP contribution in [0.1, 0.15) is 37.7 Å². The Balaban J connectivity index is 2.75. The van der Waals surface area contributed by atoms with Crippen molar-refractivity contribution in [1.29, 1.82) is 0 Å². The van der Waals surface area contributed by atoms with Crippen LogP contribution < -0.4 is 10.3 Å². The molecule has 1 aromatic heterocycles. The van der Waals surface area contributed by atoms with Gasteiger partial charge in [-0.2, -0.15) is 0 Å². The van der Waals surface area contributed by atoms with Gasteiger partial charge in [-0.1, -0.05) is 44.0 Å². The Morgan fingerprint density at radius 1 is 1.18 bits per heavy atom. The standard InChI is InChI=1S/C20H26Cl2N2O4/c1-20(2,3)11-24-16(19(26)27)17(28-8-6-7-23(4)5)12-9-14(21)15(22)10-13(12)18(24)25/h9-10H,6-8,11H2,1-5H3,(H,26,27). The van der Waals surface area contributed by atoms with Crippen molar-refractivity contribution < 1.29 is 14.6 Å². The van der Waals surface area contributed by atoms with Crippen molar-refractivity contribution in [3.05, 3.63) is 38.2 Å². The largest absolute Gasteiger partial charge is 0.490 e. The zero-order valence-electron chi connectivity index (χ0n) is 16.8. The molecule has 1 aromatic carbocycles. The van der Waals surface area contributed by atoms with Crippen LogP contribution in [0.4, 0.5) is 0 Å². The second-order valence-electron chi connectivity index (χ2n) is 8.25. The van der Waals surface area contributed by atoms with Crippen LogP contribution in [0.5, 0.6) is 5.75 Å². The van der Waals surface area contributed by atoms with Crippen LogP contribution in [-0.2, 0) is 6.54 Å². The molecule has 6 nitrogen and oxygen atoms in total. The summed E-state index contributed by atoms with van der Waals surface area (Å²) >= 11 is 12.3. The third-order valence-corrected chi connectivity index (χ3v) is 4.82. The molecule has 1 heterocycles. The Kier molecular flexibility index (Phi) is 7.02. The Labute approximate surface area is 174 Å². The first-order valence-electron chi connectivity index (χ1n) is 8.98. The van der Waals surface area contributed by atoms with Crippen molar-refractivity contribution in [2.45, 2.75) is 33.7 Å². The van der Waals surface area contributed by atoms with E-state index in [1.807, 2.05) is 39.8 Å². The van der Waals surface area contributed by atoms with E-state index in [2.05, 4.69) is 0 Å². The molecule has 0 fully saturated rings. The van der Waals surface area contributed by atoms with Crippen LogP contribution >= 0.6 is 23.2 Å². The van der Waals surface area contributed by atoms with Crippen molar-refractivity contribution in [1.82, 2.24) is 9.47 Å². The average Bonchev–Trinajstić information content (AvgIpc) is 2.55. The quantitative estimate of drug-likeness (QED) is 0.662. The van der Waals surface area contributed by atoms with Gasteiger partial charge in [-0.15, -0.1) is 0 Å². The lowest BCUT2D eigenvalue weighted by Gasteiger charge is -2.24. The number of halogens is 2. The summed E-state index contributed by atoms with van der Waals surface area (Å²) in [6.45, 7) is 7.11. The van der Waals surface area contributed by atoms with E-state index in [-0.39, 0.29) is 38.8 Å². The van der Waals surface area contributed by atoms with Gasteiger partial charge in [-0.05, 0) is 38.1 Å². The summed E-state index contributed by atoms with van der Waals surface area (Å²) in [7, 11) is 3.90. The number of carboxylic acid groups (broad SMARTS) is 1. The van der Waals surface area contributed by atoms with Gasteiger partial charge in [0.25, 0.3) is 5.56 Å². The number of rotatable bonds is 7. The number of aromatic carboxylic acids is 1. The van der Waals surface area contributed by atoms with Gasteiger partial charge in [0, 0.05) is 18.5 Å². The number of fused-ring (bicyclic) bond motifs is 1. The first kappa shape index (κ1) is 22.5. The molecule has 0 radical (unpaired) electrons. The van der Waals surface area contributed by atoms with Crippen molar-refractivity contribution in [2.75, 3.05) is 27.2 Å². The van der Waals surface area contributed by atoms with E-state index in [1.165, 1.54) is 16.7 Å². The average molecular weight is 429 g/mol. The number of hydrogen-bond donors (Lipinski definition) is 1. The van der Waals surface area contributed by atoms with E-state index in [9.17, 15) is 14.7 Å². The van der Waals surface area contributed by atoms with Gasteiger partial charge in [0.1, 0.15) is 0 Å². The number of nitrogens with zero attached hydrogens (tertiary/aromatic N) is 2. The number of pyridine rings is 1. The summed E-state index contributed by atoms with van der Waals surface area (Å²) in [4.78, 5) is 27.2. The minimum atomic E-state index is -1.23. The maximum absolute atomic E-state index is 13.1. The van der Waals surface area contributed by atoms with Crippen molar-refractivity contribution in [3.63, 3.8) is 0 Å². The molecule has 0 atom stereocenters. The van der Waals surface area contributed by atoms with Crippen molar-refractivity contribution >= 4 is 39.9 Å². The van der Waals surface area contributed by atoms with Gasteiger partial charge < -0.3 is 14.7 Å². The molecule has 154 valence electrons. The molecule has 0 saturated carbocycles. The number of ether oxygens (including phenoxy) is 1. The van der Waals surface area contributed by atoms with E-state index in [4.69, 9.17) is 27.9 Å². The Morgan fingerprint density at radius 3 is 2.25 bits per heavy atom. The zero-order chi connectivity index (χ0) is 21.2. The van der Waals surface area contributed by atoms with Crippen LogP contribution in [0.2, 0.25) is 10.0 Å². The fourth-order valence-corrected chi connectivity index (χ4v) is 3.27. The first-order valence-corrected chi connectivity index (χ1v) is 9.74. The fraction of sp³-hybridized carbons (Fsp3) is 0.500. The van der Waals surface area contributed by atoms with E-state index in [1.54, 1.807) is 0 Å². The summed E-state index contributed by atoms with van der Waals surface area (Å²) in [5, 5.41) is 11.0. The Morgan fingerprint density at radius 2 is 1.75 bits per heavy atom. The van der Waals surface area contributed by atoms with Gasteiger partial charge in [0.2, 0.25) is 0 Å². The summed E-state index contributed by atoms with van der Waals surface area (Å²) in [6, 6.07) is 2.97. The fourth-order valence-electron chi connectivity index (χ4n) is 2.95. The summed E-state index contributed by atoms with van der Waals surface area (Å²) < 4.78 is 7.16. The normalized spacial score (nSPS) is 12.0. The van der Waals surface area contributed by atoms with Crippen molar-refractivity contribution in [2.24, 2.45) is 5.41 Å². The molecular formula is C20H26Cl2N2O4. The van der Waals surface area contributed by atoms with E-state index < -0.39 is 11.5 Å². The lowest BCUT2D eigenvalue weighted by atomic mass is 9.96. The highest BCUT2D eigenvalue weighted by Gasteiger charge is 2.26. The summed E-state index contributed by atoms with van der Waals surface area (Å²) in [6.07, 6.45) is 0.702. The molecule has 0 amide bonds. The smallest absolute Gasteiger partial charge is 0.356 e. The minimum absolute atomic E-state index is 0.142. The Bertz CT molecular complexity index is 946. The number of benzene rings is 1. The molecule has 0 unspecified atom stereocenters. The van der Waals surface area contributed by atoms with E-state index in [0.717, 1.165) is 6.54 Å². The van der Waals surface area contributed by atoms with Crippen molar-refractivity contribution in [3.8, 4) is 5.75 Å². The lowest BCUT2D eigenvalue weighted by Crippen LogP contribution is -2.32. The molecule has 8 heteroatoms. The topological polar surface area (TPSA) is 71.8 Å². The number of carboxylic acids is 1. The molecular weight excluding hydrogens is 403 g/mol. The molecule has 1 N–H and O–H groups in total. The monoisotopic (exact) mass is 428 g/mol. The van der Waals surface area contributed by atoms with Gasteiger partial charge in [-0.25, -0.2) is 4.79 Å². The third-order valence-electron chi connectivity index (χ3n) is 4.10. The van der Waals surface area contributed by atoms with Gasteiger partial charge in [0.15, 0.2) is 11.4 Å². The second kappa shape index (κ2) is 8.72. The maximum atomic E-state index is 13.1. The van der Waals surface area contributed by atoms with Crippen LogP contribution in [0.3, 0.4) is 0 Å². The van der Waals surface area contributed by atoms with Crippen LogP contribution in [-0.4, -0.2) is 47.8 Å². The first-order chi connectivity index (χ1) is 12.9. The maximum Gasteiger partial charge on any atom is 0.356 e. The number of aromatic nitrogens is 1. The summed E-state index contributed by atoms with van der Waals surface area (Å²) in [5.74, 6) is -1.08. The molecule has 0 aliphatic carbocycles. The number of carbonyl (C=O) groups is 1. The zero-order valence-corrected chi connectivity index (χ0v) is 18.3. The molecule has 0 spiro atoms. The van der Waals surface area contributed by atoms with E-state index >= 15 is 0 Å². The number of hydrogen-bond acceptors (Lipinski definition) is 4. The van der Waals surface area contributed by atoms with Crippen LogP contribution in [0.25, 0.3) is 10.8 Å². The predicted molar refractivity (Wildman–Crippen MR) is 113 cm³/mol.